The fourth-order valence-electron chi connectivity index (χ4n) is 1.23. The van der Waals surface area contributed by atoms with Gasteiger partial charge in [0.25, 0.3) is 0 Å². The highest BCUT2D eigenvalue weighted by atomic mass is 79.9. The number of nitrogens with one attached hydrogen (secondary N) is 1. The Bertz CT molecular complexity index is 401. The van der Waals surface area contributed by atoms with Gasteiger partial charge in [-0.05, 0) is 18.2 Å². The zero-order valence-electron chi connectivity index (χ0n) is 8.85. The highest BCUT2D eigenvalue weighted by molar-refractivity contribution is 9.11. The van der Waals surface area contributed by atoms with Crippen LogP contribution < -0.4 is 10.1 Å². The first kappa shape index (κ1) is 14.4. The van der Waals surface area contributed by atoms with E-state index in [1.807, 2.05) is 0 Å². The minimum Gasteiger partial charge on any atom is -0.434 e. The molecule has 0 saturated heterocycles. The molecule has 17 heavy (non-hydrogen) atoms. The smallest absolute Gasteiger partial charge is 0.387 e. The van der Waals surface area contributed by atoms with Gasteiger partial charge in [-0.3, -0.25) is 0 Å². The van der Waals surface area contributed by atoms with Crippen LogP contribution in [-0.4, -0.2) is 13.2 Å². The summed E-state index contributed by atoms with van der Waals surface area (Å²) in [6.45, 7) is 1.70. The van der Waals surface area contributed by atoms with E-state index in [2.05, 4.69) is 32.6 Å². The van der Waals surface area contributed by atoms with Gasteiger partial charge in [0, 0.05) is 28.2 Å². The van der Waals surface area contributed by atoms with Crippen LogP contribution in [0, 0.1) is 0 Å². The van der Waals surface area contributed by atoms with Crippen molar-refractivity contribution in [3.63, 3.8) is 0 Å². The van der Waals surface area contributed by atoms with Crippen molar-refractivity contribution in [2.75, 3.05) is 6.54 Å². The molecule has 0 unspecified atom stereocenters. The van der Waals surface area contributed by atoms with Crippen molar-refractivity contribution in [1.29, 1.82) is 0 Å². The molecule has 0 radical (unpaired) electrons. The second-order valence-electron chi connectivity index (χ2n) is 3.25. The largest absolute Gasteiger partial charge is 0.434 e. The summed E-state index contributed by atoms with van der Waals surface area (Å²) >= 11 is 8.98. The lowest BCUT2D eigenvalue weighted by Crippen LogP contribution is -2.16. The van der Waals surface area contributed by atoms with Crippen molar-refractivity contribution in [3.8, 4) is 5.75 Å². The Morgan fingerprint density at radius 3 is 2.82 bits per heavy atom. The molecular formula is C11H11BrClF2NO. The first-order valence-electron chi connectivity index (χ1n) is 4.76. The number of alkyl halides is 2. The molecule has 6 heteroatoms. The minimum absolute atomic E-state index is 0.122. The van der Waals surface area contributed by atoms with Crippen LogP contribution in [0.5, 0.6) is 5.75 Å². The Morgan fingerprint density at radius 1 is 1.53 bits per heavy atom. The molecule has 0 heterocycles. The third-order valence-corrected chi connectivity index (χ3v) is 2.39. The standard InChI is InChI=1S/C11H11BrClF2NO/c1-7(12)5-16-6-8-4-9(13)2-3-10(8)17-11(14)15/h2-4,11,16H,1,5-6H2. The van der Waals surface area contributed by atoms with Crippen LogP contribution in [0.1, 0.15) is 5.56 Å². The van der Waals surface area contributed by atoms with Gasteiger partial charge in [-0.25, -0.2) is 0 Å². The van der Waals surface area contributed by atoms with Gasteiger partial charge in [0.1, 0.15) is 5.75 Å². The average molecular weight is 327 g/mol. The molecule has 0 bridgehead atoms. The topological polar surface area (TPSA) is 21.3 Å². The number of ether oxygens (including phenoxy) is 1. The van der Waals surface area contributed by atoms with E-state index in [0.717, 1.165) is 4.48 Å². The Balaban J connectivity index is 2.72. The van der Waals surface area contributed by atoms with E-state index in [1.54, 1.807) is 6.07 Å². The molecule has 0 aliphatic carbocycles. The summed E-state index contributed by atoms with van der Waals surface area (Å²) in [4.78, 5) is 0. The van der Waals surface area contributed by atoms with E-state index in [9.17, 15) is 8.78 Å². The van der Waals surface area contributed by atoms with Crippen LogP contribution in [0.15, 0.2) is 29.3 Å². The van der Waals surface area contributed by atoms with Crippen LogP contribution in [-0.2, 0) is 6.54 Å². The van der Waals surface area contributed by atoms with Crippen molar-refractivity contribution < 1.29 is 13.5 Å². The van der Waals surface area contributed by atoms with Gasteiger partial charge < -0.3 is 10.1 Å². The summed E-state index contributed by atoms with van der Waals surface area (Å²) in [5.74, 6) is 0.122. The van der Waals surface area contributed by atoms with Crippen LogP contribution in [0.25, 0.3) is 0 Å². The van der Waals surface area contributed by atoms with Gasteiger partial charge in [-0.1, -0.05) is 34.1 Å². The molecule has 0 saturated carbocycles. The minimum atomic E-state index is -2.85. The number of hydrogen-bond donors (Lipinski definition) is 1. The van der Waals surface area contributed by atoms with E-state index >= 15 is 0 Å². The lowest BCUT2D eigenvalue weighted by molar-refractivity contribution is -0.0504. The Morgan fingerprint density at radius 2 is 2.24 bits per heavy atom. The summed E-state index contributed by atoms with van der Waals surface area (Å²) in [7, 11) is 0. The summed E-state index contributed by atoms with van der Waals surface area (Å²) in [6, 6.07) is 4.52. The molecule has 1 aromatic carbocycles. The van der Waals surface area contributed by atoms with Crippen LogP contribution >= 0.6 is 27.5 Å². The predicted octanol–water partition coefficient (Wildman–Crippen LogP) is 3.94. The SMILES string of the molecule is C=C(Br)CNCc1cc(Cl)ccc1OC(F)F. The van der Waals surface area contributed by atoms with E-state index in [4.69, 9.17) is 11.6 Å². The zero-order valence-corrected chi connectivity index (χ0v) is 11.2. The Kier molecular flexibility index (Phi) is 5.88. The van der Waals surface area contributed by atoms with Crippen LogP contribution in [0.2, 0.25) is 5.02 Å². The molecule has 1 aromatic rings. The molecule has 0 spiro atoms. The number of hydrogen-bond acceptors (Lipinski definition) is 2. The van der Waals surface area contributed by atoms with Crippen molar-refractivity contribution in [1.82, 2.24) is 5.32 Å². The lowest BCUT2D eigenvalue weighted by Gasteiger charge is -2.11. The molecule has 0 atom stereocenters. The van der Waals surface area contributed by atoms with Gasteiger partial charge in [0.05, 0.1) is 0 Å². The maximum Gasteiger partial charge on any atom is 0.387 e. The average Bonchev–Trinajstić information content (AvgIpc) is 2.21. The van der Waals surface area contributed by atoms with Crippen LogP contribution in [0.4, 0.5) is 8.78 Å². The van der Waals surface area contributed by atoms with Crippen LogP contribution in [0.3, 0.4) is 0 Å². The fourth-order valence-corrected chi connectivity index (χ4v) is 1.62. The first-order valence-corrected chi connectivity index (χ1v) is 5.93. The van der Waals surface area contributed by atoms with E-state index in [-0.39, 0.29) is 5.75 Å². The number of rotatable bonds is 6. The molecule has 0 aromatic heterocycles. The van der Waals surface area contributed by atoms with E-state index < -0.39 is 6.61 Å². The molecule has 0 aliphatic heterocycles. The summed E-state index contributed by atoms with van der Waals surface area (Å²) in [5.41, 5.74) is 0.576. The molecule has 1 rings (SSSR count). The summed E-state index contributed by atoms with van der Waals surface area (Å²) in [6.07, 6.45) is 0. The zero-order chi connectivity index (χ0) is 12.8. The monoisotopic (exact) mass is 325 g/mol. The molecule has 0 fully saturated rings. The molecule has 94 valence electrons. The molecule has 0 aliphatic rings. The number of halogens is 4. The van der Waals surface area contributed by atoms with E-state index in [1.165, 1.54) is 12.1 Å². The van der Waals surface area contributed by atoms with Crippen molar-refractivity contribution in [3.05, 3.63) is 39.8 Å². The lowest BCUT2D eigenvalue weighted by atomic mass is 10.2. The van der Waals surface area contributed by atoms with Crippen molar-refractivity contribution in [2.45, 2.75) is 13.2 Å². The van der Waals surface area contributed by atoms with Crippen molar-refractivity contribution in [2.24, 2.45) is 0 Å². The molecular weight excluding hydrogens is 315 g/mol. The quantitative estimate of drug-likeness (QED) is 0.855. The van der Waals surface area contributed by atoms with Gasteiger partial charge in [-0.2, -0.15) is 8.78 Å². The highest BCUT2D eigenvalue weighted by Gasteiger charge is 2.09. The van der Waals surface area contributed by atoms with Gasteiger partial charge in [0.2, 0.25) is 0 Å². The van der Waals surface area contributed by atoms with Gasteiger partial charge >= 0.3 is 6.61 Å². The second kappa shape index (κ2) is 6.93. The number of benzene rings is 1. The highest BCUT2D eigenvalue weighted by Crippen LogP contribution is 2.24. The second-order valence-corrected chi connectivity index (χ2v) is 4.81. The van der Waals surface area contributed by atoms with Gasteiger partial charge in [-0.15, -0.1) is 0 Å². The van der Waals surface area contributed by atoms with Gasteiger partial charge in [0.15, 0.2) is 0 Å². The maximum atomic E-state index is 12.2. The Hall–Kier alpha value is -0.650. The third-order valence-electron chi connectivity index (χ3n) is 1.87. The first-order chi connectivity index (χ1) is 7.99. The third kappa shape index (κ3) is 5.48. The molecule has 2 nitrogen and oxygen atoms in total. The fraction of sp³-hybridized carbons (Fsp3) is 0.273. The summed E-state index contributed by atoms with van der Waals surface area (Å²) < 4.78 is 29.5. The predicted molar refractivity (Wildman–Crippen MR) is 67.9 cm³/mol. The molecule has 0 amide bonds. The summed E-state index contributed by atoms with van der Waals surface area (Å²) in [5, 5.41) is 3.49. The van der Waals surface area contributed by atoms with E-state index in [0.29, 0.717) is 23.7 Å². The molecule has 1 N–H and O–H groups in total. The van der Waals surface area contributed by atoms with Crippen molar-refractivity contribution >= 4 is 27.5 Å². The Labute approximate surface area is 112 Å². The normalized spacial score (nSPS) is 10.6. The maximum absolute atomic E-state index is 12.2.